The standard InChI is InChI=1S/C21H12Cl2N2O5/c22-12-2-4-13(5-3-12)25-19(26)17(24-21(25)29)10-14-6-8-18(30-14)11-1-7-16(23)15(9-11)20(27)28/h1-10H,(H,24,29)(H,27,28)/p-1/b17-10-. The molecule has 1 saturated heterocycles. The third kappa shape index (κ3) is 3.68. The highest BCUT2D eigenvalue weighted by molar-refractivity contribution is 6.33. The fourth-order valence-corrected chi connectivity index (χ4v) is 3.24. The van der Waals surface area contributed by atoms with Crippen molar-refractivity contribution in [2.45, 2.75) is 0 Å². The van der Waals surface area contributed by atoms with E-state index < -0.39 is 17.9 Å². The van der Waals surface area contributed by atoms with Crippen LogP contribution >= 0.6 is 23.2 Å². The summed E-state index contributed by atoms with van der Waals surface area (Å²) in [5, 5.41) is 14.2. The third-order valence-corrected chi connectivity index (χ3v) is 4.93. The Bertz CT molecular complexity index is 1210. The number of furan rings is 1. The summed E-state index contributed by atoms with van der Waals surface area (Å²) in [5.41, 5.74) is 0.707. The molecule has 0 atom stereocenters. The number of aromatic carboxylic acids is 1. The number of carbonyl (C=O) groups excluding carboxylic acids is 3. The van der Waals surface area contributed by atoms with Gasteiger partial charge in [-0.15, -0.1) is 0 Å². The van der Waals surface area contributed by atoms with E-state index >= 15 is 0 Å². The van der Waals surface area contributed by atoms with E-state index in [1.165, 1.54) is 18.2 Å². The van der Waals surface area contributed by atoms with E-state index in [2.05, 4.69) is 5.32 Å². The summed E-state index contributed by atoms with van der Waals surface area (Å²) in [7, 11) is 0. The maximum atomic E-state index is 12.7. The van der Waals surface area contributed by atoms with Gasteiger partial charge in [0.2, 0.25) is 0 Å². The normalized spacial score (nSPS) is 15.0. The van der Waals surface area contributed by atoms with Gasteiger partial charge in [-0.1, -0.05) is 23.2 Å². The summed E-state index contributed by atoms with van der Waals surface area (Å²) in [4.78, 5) is 37.0. The van der Waals surface area contributed by atoms with E-state index in [0.717, 1.165) is 4.90 Å². The van der Waals surface area contributed by atoms with Gasteiger partial charge in [0, 0.05) is 27.2 Å². The van der Waals surface area contributed by atoms with E-state index in [4.69, 9.17) is 27.6 Å². The van der Waals surface area contributed by atoms with Crippen molar-refractivity contribution in [3.63, 3.8) is 0 Å². The number of anilines is 1. The van der Waals surface area contributed by atoms with Crippen LogP contribution in [0.1, 0.15) is 16.1 Å². The first-order chi connectivity index (χ1) is 14.3. The molecule has 2 aromatic carbocycles. The maximum Gasteiger partial charge on any atom is 0.333 e. The molecule has 3 amide bonds. The molecular formula is C21H11Cl2N2O5-. The zero-order chi connectivity index (χ0) is 21.4. The molecule has 0 saturated carbocycles. The Morgan fingerprint density at radius 1 is 1.03 bits per heavy atom. The van der Waals surface area contributed by atoms with Crippen LogP contribution in [0.3, 0.4) is 0 Å². The minimum Gasteiger partial charge on any atom is -0.545 e. The highest BCUT2D eigenvalue weighted by Crippen LogP contribution is 2.28. The second kappa shape index (κ2) is 7.70. The van der Waals surface area contributed by atoms with Crippen molar-refractivity contribution >= 4 is 52.9 Å². The van der Waals surface area contributed by atoms with Crippen molar-refractivity contribution < 1.29 is 23.9 Å². The van der Waals surface area contributed by atoms with Crippen molar-refractivity contribution in [2.24, 2.45) is 0 Å². The Morgan fingerprint density at radius 2 is 1.77 bits per heavy atom. The lowest BCUT2D eigenvalue weighted by atomic mass is 10.1. The first-order valence-electron chi connectivity index (χ1n) is 8.57. The number of carbonyl (C=O) groups is 3. The number of hydrogen-bond donors (Lipinski definition) is 1. The third-order valence-electron chi connectivity index (χ3n) is 4.35. The monoisotopic (exact) mass is 441 g/mol. The van der Waals surface area contributed by atoms with Crippen LogP contribution in [-0.4, -0.2) is 17.9 Å². The number of benzene rings is 2. The first kappa shape index (κ1) is 19.8. The molecule has 1 fully saturated rings. The molecule has 0 spiro atoms. The quantitative estimate of drug-likeness (QED) is 0.490. The molecule has 150 valence electrons. The molecule has 1 aliphatic heterocycles. The van der Waals surface area contributed by atoms with Crippen LogP contribution in [0.25, 0.3) is 17.4 Å². The molecule has 30 heavy (non-hydrogen) atoms. The van der Waals surface area contributed by atoms with Crippen molar-refractivity contribution in [1.82, 2.24) is 5.32 Å². The van der Waals surface area contributed by atoms with Gasteiger partial charge in [0.05, 0.1) is 11.7 Å². The average molecular weight is 442 g/mol. The van der Waals surface area contributed by atoms with Gasteiger partial charge in [0.1, 0.15) is 17.2 Å². The molecule has 7 nitrogen and oxygen atoms in total. The number of halogens is 2. The Hall–Kier alpha value is -3.55. The number of amides is 3. The Morgan fingerprint density at radius 3 is 2.47 bits per heavy atom. The number of nitrogens with one attached hydrogen (secondary N) is 1. The summed E-state index contributed by atoms with van der Waals surface area (Å²) in [6.45, 7) is 0. The zero-order valence-electron chi connectivity index (χ0n) is 15.0. The molecule has 0 bridgehead atoms. The summed E-state index contributed by atoms with van der Waals surface area (Å²) >= 11 is 11.7. The minimum absolute atomic E-state index is 0.0300. The van der Waals surface area contributed by atoms with Crippen LogP contribution < -0.4 is 15.3 Å². The van der Waals surface area contributed by atoms with E-state index in [9.17, 15) is 19.5 Å². The largest absolute Gasteiger partial charge is 0.545 e. The van der Waals surface area contributed by atoms with Crippen LogP contribution in [0, 0.1) is 0 Å². The highest BCUT2D eigenvalue weighted by Gasteiger charge is 2.35. The van der Waals surface area contributed by atoms with Gasteiger partial charge in [0.15, 0.2) is 0 Å². The van der Waals surface area contributed by atoms with Crippen LogP contribution in [0.5, 0.6) is 0 Å². The number of nitrogens with zero attached hydrogens (tertiary/aromatic N) is 1. The number of urea groups is 1. The Balaban J connectivity index is 1.61. The second-order valence-electron chi connectivity index (χ2n) is 6.29. The molecule has 0 radical (unpaired) electrons. The van der Waals surface area contributed by atoms with Crippen LogP contribution in [0.2, 0.25) is 10.0 Å². The van der Waals surface area contributed by atoms with E-state index in [1.54, 1.807) is 42.5 Å². The fraction of sp³-hybridized carbons (Fsp3) is 0. The van der Waals surface area contributed by atoms with Gasteiger partial charge in [-0.05, 0) is 54.6 Å². The summed E-state index contributed by atoms with van der Waals surface area (Å²) in [6.07, 6.45) is 1.38. The lowest BCUT2D eigenvalue weighted by Crippen LogP contribution is -2.30. The molecule has 1 N–H and O–H groups in total. The zero-order valence-corrected chi connectivity index (χ0v) is 16.5. The Kier molecular flexibility index (Phi) is 5.07. The van der Waals surface area contributed by atoms with Gasteiger partial charge in [-0.2, -0.15) is 0 Å². The van der Waals surface area contributed by atoms with Crippen LogP contribution in [-0.2, 0) is 4.79 Å². The van der Waals surface area contributed by atoms with Crippen molar-refractivity contribution in [2.75, 3.05) is 4.90 Å². The van der Waals surface area contributed by atoms with Crippen LogP contribution in [0.4, 0.5) is 10.5 Å². The molecule has 1 aliphatic rings. The molecule has 1 aromatic heterocycles. The van der Waals surface area contributed by atoms with Crippen molar-refractivity contribution in [3.8, 4) is 11.3 Å². The van der Waals surface area contributed by atoms with Crippen molar-refractivity contribution in [3.05, 3.63) is 81.7 Å². The number of rotatable bonds is 4. The molecule has 0 aliphatic carbocycles. The number of carboxylic acids is 1. The number of hydrogen-bond acceptors (Lipinski definition) is 5. The molecule has 3 aromatic rings. The number of imide groups is 1. The van der Waals surface area contributed by atoms with E-state index in [1.807, 2.05) is 0 Å². The van der Waals surface area contributed by atoms with Crippen molar-refractivity contribution in [1.29, 1.82) is 0 Å². The van der Waals surface area contributed by atoms with Gasteiger partial charge in [0.25, 0.3) is 5.91 Å². The van der Waals surface area contributed by atoms with E-state index in [0.29, 0.717) is 22.0 Å². The van der Waals surface area contributed by atoms with Gasteiger partial charge >= 0.3 is 6.03 Å². The van der Waals surface area contributed by atoms with Gasteiger partial charge in [-0.3, -0.25) is 4.79 Å². The summed E-state index contributed by atoms with van der Waals surface area (Å²) in [5.74, 6) is -1.31. The molecule has 9 heteroatoms. The smallest absolute Gasteiger partial charge is 0.333 e. The SMILES string of the molecule is O=C([O-])c1cc(-c2ccc(/C=C3\NC(=O)N(c4ccc(Cl)cc4)C3=O)o2)ccc1Cl. The lowest BCUT2D eigenvalue weighted by Gasteiger charge is -2.11. The van der Waals surface area contributed by atoms with Gasteiger partial charge < -0.3 is 19.6 Å². The fourth-order valence-electron chi connectivity index (χ4n) is 2.92. The number of carboxylic acid groups (broad SMARTS) is 1. The summed E-state index contributed by atoms with van der Waals surface area (Å²) in [6, 6.07) is 13.2. The average Bonchev–Trinajstić information content (AvgIpc) is 3.28. The van der Waals surface area contributed by atoms with E-state index in [-0.39, 0.29) is 22.0 Å². The Labute approximate surface area is 180 Å². The molecular weight excluding hydrogens is 431 g/mol. The summed E-state index contributed by atoms with van der Waals surface area (Å²) < 4.78 is 5.67. The predicted octanol–water partition coefficient (Wildman–Crippen LogP) is 3.71. The second-order valence-corrected chi connectivity index (χ2v) is 7.13. The van der Waals surface area contributed by atoms with Gasteiger partial charge in [-0.25, -0.2) is 9.69 Å². The molecule has 4 rings (SSSR count). The topological polar surface area (TPSA) is 103 Å². The molecule has 0 unspecified atom stereocenters. The maximum absolute atomic E-state index is 12.7. The molecule has 2 heterocycles. The first-order valence-corrected chi connectivity index (χ1v) is 9.33. The predicted molar refractivity (Wildman–Crippen MR) is 109 cm³/mol. The minimum atomic E-state index is -1.41. The van der Waals surface area contributed by atoms with Crippen LogP contribution in [0.15, 0.2) is 64.7 Å². The highest BCUT2D eigenvalue weighted by atomic mass is 35.5. The lowest BCUT2D eigenvalue weighted by molar-refractivity contribution is -0.255.